The molecule has 2 N–H and O–H groups in total. The largest absolute Gasteiger partial charge is 0.474 e. The number of aromatic nitrogens is 2. The second-order valence-corrected chi connectivity index (χ2v) is 25.8. The maximum atomic E-state index is 14.4. The van der Waals surface area contributed by atoms with Crippen molar-refractivity contribution in [2.24, 2.45) is 0 Å². The number of ether oxygens (including phenoxy) is 4. The number of hydrogen-bond acceptors (Lipinski definition) is 14. The van der Waals surface area contributed by atoms with Crippen molar-refractivity contribution in [2.45, 2.75) is 63.8 Å². The van der Waals surface area contributed by atoms with Gasteiger partial charge < -0.3 is 49.2 Å². The number of likely N-dealkylation sites (tertiary alicyclic amines) is 2. The number of nitrogens with zero attached hydrogens (tertiary/aromatic N) is 8. The second-order valence-electron chi connectivity index (χ2n) is 25.8. The number of amides is 3. The second kappa shape index (κ2) is 34.1. The molecule has 0 spiro atoms. The number of carbonyl (C=O) groups is 3. The molecule has 0 aliphatic carbocycles. The van der Waals surface area contributed by atoms with Gasteiger partial charge in [0.15, 0.2) is 0 Å². The zero-order chi connectivity index (χ0) is 68.3. The number of halogens is 2. The van der Waals surface area contributed by atoms with E-state index in [1.165, 1.54) is 41.0 Å². The van der Waals surface area contributed by atoms with Crippen LogP contribution in [0.25, 0.3) is 28.0 Å². The molecule has 0 bridgehead atoms. The van der Waals surface area contributed by atoms with E-state index < -0.39 is 17.5 Å². The van der Waals surface area contributed by atoms with E-state index in [1.54, 1.807) is 15.9 Å². The first kappa shape index (κ1) is 69.8. The van der Waals surface area contributed by atoms with Gasteiger partial charge in [-0.25, -0.2) is 18.7 Å². The lowest BCUT2D eigenvalue weighted by Gasteiger charge is -2.32. The van der Waals surface area contributed by atoms with Gasteiger partial charge in [-0.1, -0.05) is 79.4 Å². The molecule has 4 aliphatic heterocycles. The normalized spacial score (nSPS) is 15.5. The Kier molecular flexibility index (Phi) is 24.3. The first-order chi connectivity index (χ1) is 47.6. The molecule has 512 valence electrons. The number of rotatable bonds is 23. The molecular weight excluding hydrogens is 1240 g/mol. The van der Waals surface area contributed by atoms with Gasteiger partial charge >= 0.3 is 0 Å². The SMILES string of the molecule is C=C(NCCc1ccc(N(C)C)cc1)c1ccc(F)cc1C(=O)N1CCC(Oc2ccc(-c3ccc(CN4CCOCC4)cc3)cn2)CC1.CN(C)c1ccc(CCNC(=O)c2cc(F)ccc2C(=O)N2CCC(Oc3ccc(-c4ccc(CN5CCOCC5)cc4)cn3)CC2)cc1. The minimum atomic E-state index is -0.563. The highest BCUT2D eigenvalue weighted by Gasteiger charge is 2.30. The van der Waals surface area contributed by atoms with Crippen molar-refractivity contribution < 1.29 is 42.1 Å². The van der Waals surface area contributed by atoms with Gasteiger partial charge in [0, 0.05) is 191 Å². The predicted molar refractivity (Wildman–Crippen MR) is 382 cm³/mol. The Bertz CT molecular complexity index is 3910. The number of benzene rings is 6. The van der Waals surface area contributed by atoms with Crippen molar-refractivity contribution in [3.8, 4) is 34.0 Å². The van der Waals surface area contributed by atoms with Crippen LogP contribution in [0.3, 0.4) is 0 Å². The molecule has 0 unspecified atom stereocenters. The van der Waals surface area contributed by atoms with E-state index in [0.29, 0.717) is 100.0 Å². The Labute approximate surface area is 575 Å². The monoisotopic (exact) mass is 1330 g/mol. The topological polar surface area (TPSA) is 157 Å². The molecule has 0 atom stereocenters. The van der Waals surface area contributed by atoms with Gasteiger partial charge in [0.1, 0.15) is 23.8 Å². The van der Waals surface area contributed by atoms with Gasteiger partial charge in [-0.2, -0.15) is 0 Å². The lowest BCUT2D eigenvalue weighted by molar-refractivity contribution is 0.0341. The highest BCUT2D eigenvalue weighted by Crippen LogP contribution is 2.29. The zero-order valence-electron chi connectivity index (χ0n) is 56.8. The van der Waals surface area contributed by atoms with Crippen LogP contribution >= 0.6 is 0 Å². The molecule has 8 aromatic rings. The van der Waals surface area contributed by atoms with Crippen molar-refractivity contribution >= 4 is 34.8 Å². The third-order valence-corrected chi connectivity index (χ3v) is 18.5. The summed E-state index contributed by atoms with van der Waals surface area (Å²) in [5.74, 6) is -0.853. The Morgan fingerprint density at radius 1 is 0.469 bits per heavy atom. The van der Waals surface area contributed by atoms with Gasteiger partial charge in [0.05, 0.1) is 43.1 Å². The molecule has 3 amide bonds. The molecule has 17 nitrogen and oxygen atoms in total. The van der Waals surface area contributed by atoms with Crippen LogP contribution in [0.15, 0.2) is 177 Å². The van der Waals surface area contributed by atoms with Crippen LogP contribution in [0.1, 0.15) is 84.6 Å². The van der Waals surface area contributed by atoms with E-state index >= 15 is 0 Å². The number of hydrogen-bond donors (Lipinski definition) is 2. The van der Waals surface area contributed by atoms with E-state index in [2.05, 4.69) is 115 Å². The number of carbonyl (C=O) groups excluding carboxylic acids is 3. The molecule has 0 radical (unpaired) electrons. The standard InChI is InChI=1S/C40H46FN5O3.C39H44FN5O4/c1-29(42-19-16-30-6-12-35(13-7-30)44(2)3)37-14-11-34(41)26-38(37)40(47)46-20-17-36(18-21-46)49-39-15-10-33(27-43-39)32-8-4-31(5-9-32)28-45-22-24-48-25-23-45;1-43(2)33-11-5-28(6-12-33)15-18-41-38(46)36-25-32(40)10-13-35(36)39(47)45-19-16-34(17-20-45)49-37-14-9-31(26-42-37)30-7-3-29(4-8-30)27-44-21-23-48-24-22-44/h4-15,26-27,36,42H,1,16-25,28H2,2-3H3;3-14,25-26,34H,15-24,27H2,1-2H3,(H,41,46). The van der Waals surface area contributed by atoms with E-state index in [9.17, 15) is 23.2 Å². The molecule has 6 heterocycles. The Morgan fingerprint density at radius 2 is 0.857 bits per heavy atom. The predicted octanol–water partition coefficient (Wildman–Crippen LogP) is 11.7. The van der Waals surface area contributed by atoms with Gasteiger partial charge in [-0.15, -0.1) is 0 Å². The number of piperidine rings is 2. The smallest absolute Gasteiger partial charge is 0.254 e. The molecule has 4 saturated heterocycles. The van der Waals surface area contributed by atoms with E-state index in [0.717, 1.165) is 117 Å². The van der Waals surface area contributed by atoms with Gasteiger partial charge in [-0.05, 0) is 119 Å². The Morgan fingerprint density at radius 3 is 1.28 bits per heavy atom. The summed E-state index contributed by atoms with van der Waals surface area (Å²) < 4.78 is 51.9. The van der Waals surface area contributed by atoms with Gasteiger partial charge in [-0.3, -0.25) is 24.2 Å². The van der Waals surface area contributed by atoms with Crippen LogP contribution in [-0.4, -0.2) is 180 Å². The fourth-order valence-corrected chi connectivity index (χ4v) is 12.6. The summed E-state index contributed by atoms with van der Waals surface area (Å²) in [6, 6.07) is 49.6. The molecular formula is C79H90F2N10O7. The van der Waals surface area contributed by atoms with Crippen molar-refractivity contribution in [3.05, 3.63) is 233 Å². The molecule has 4 fully saturated rings. The van der Waals surface area contributed by atoms with Crippen molar-refractivity contribution in [1.29, 1.82) is 0 Å². The summed E-state index contributed by atoms with van der Waals surface area (Å²) in [4.78, 5) is 61.8. The number of nitrogens with one attached hydrogen (secondary N) is 2. The van der Waals surface area contributed by atoms with Crippen LogP contribution in [-0.2, 0) is 35.4 Å². The van der Waals surface area contributed by atoms with Gasteiger partial charge in [0.2, 0.25) is 11.8 Å². The summed E-state index contributed by atoms with van der Waals surface area (Å²) >= 11 is 0. The molecule has 19 heteroatoms. The minimum Gasteiger partial charge on any atom is -0.474 e. The number of anilines is 2. The lowest BCUT2D eigenvalue weighted by atomic mass is 10.0. The van der Waals surface area contributed by atoms with E-state index in [4.69, 9.17) is 18.9 Å². The molecule has 2 aromatic heterocycles. The summed E-state index contributed by atoms with van der Waals surface area (Å²) in [7, 11) is 8.00. The molecule has 98 heavy (non-hydrogen) atoms. The highest BCUT2D eigenvalue weighted by atomic mass is 19.1. The van der Waals surface area contributed by atoms with Crippen LogP contribution in [0.2, 0.25) is 0 Å². The lowest BCUT2D eigenvalue weighted by Crippen LogP contribution is -2.42. The van der Waals surface area contributed by atoms with E-state index in [-0.39, 0.29) is 35.1 Å². The summed E-state index contributed by atoms with van der Waals surface area (Å²) in [5, 5.41) is 6.19. The summed E-state index contributed by atoms with van der Waals surface area (Å²) in [5.41, 5.74) is 13.1. The van der Waals surface area contributed by atoms with Crippen LogP contribution < -0.4 is 29.9 Å². The minimum absolute atomic E-state index is 0.0439. The number of pyridine rings is 2. The maximum absolute atomic E-state index is 14.4. The first-order valence-corrected chi connectivity index (χ1v) is 34.1. The maximum Gasteiger partial charge on any atom is 0.254 e. The Hall–Kier alpha value is -9.53. The van der Waals surface area contributed by atoms with Crippen molar-refractivity contribution in [1.82, 2.24) is 40.2 Å². The summed E-state index contributed by atoms with van der Waals surface area (Å²) in [6.45, 7) is 16.0. The molecule has 0 saturated carbocycles. The summed E-state index contributed by atoms with van der Waals surface area (Å²) in [6.07, 6.45) is 7.50. The Balaban J connectivity index is 0.000000198. The van der Waals surface area contributed by atoms with Crippen LogP contribution in [0.4, 0.5) is 20.2 Å². The number of morpholine rings is 2. The van der Waals surface area contributed by atoms with Gasteiger partial charge in [0.25, 0.3) is 17.7 Å². The van der Waals surface area contributed by atoms with Crippen LogP contribution in [0, 0.1) is 11.6 Å². The molecule has 4 aliphatic rings. The molecule has 12 rings (SSSR count). The average Bonchev–Trinajstić information content (AvgIpc) is 0.834. The first-order valence-electron chi connectivity index (χ1n) is 34.1. The van der Waals surface area contributed by atoms with Crippen LogP contribution in [0.5, 0.6) is 11.8 Å². The highest BCUT2D eigenvalue weighted by molar-refractivity contribution is 6.07. The fourth-order valence-electron chi connectivity index (χ4n) is 12.6. The average molecular weight is 1330 g/mol. The van der Waals surface area contributed by atoms with Crippen molar-refractivity contribution in [2.75, 3.05) is 130 Å². The zero-order valence-corrected chi connectivity index (χ0v) is 56.8. The fraction of sp³-hybridized carbons (Fsp3) is 0.354. The molecule has 6 aromatic carbocycles. The quantitative estimate of drug-likeness (QED) is 0.0623. The van der Waals surface area contributed by atoms with Crippen molar-refractivity contribution in [3.63, 3.8) is 0 Å². The van der Waals surface area contributed by atoms with E-state index in [1.807, 2.05) is 94.0 Å². The third-order valence-electron chi connectivity index (χ3n) is 18.5. The third kappa shape index (κ3) is 19.4.